The Morgan fingerprint density at radius 1 is 1.42 bits per heavy atom. The lowest BCUT2D eigenvalue weighted by atomic mass is 9.89. The summed E-state index contributed by atoms with van der Waals surface area (Å²) in [6.07, 6.45) is 2.73. The second kappa shape index (κ2) is 3.89. The number of aliphatic imine (C=N–C) groups is 1. The predicted octanol–water partition coefficient (Wildman–Crippen LogP) is 1.94. The van der Waals surface area contributed by atoms with Crippen LogP contribution in [0.4, 0.5) is 0 Å². The van der Waals surface area contributed by atoms with Crippen LogP contribution in [0.1, 0.15) is 24.9 Å². The Balaban J connectivity index is 2.15. The van der Waals surface area contributed by atoms with Crippen molar-refractivity contribution in [3.63, 3.8) is 0 Å². The predicted molar refractivity (Wildman–Crippen MR) is 71.4 cm³/mol. The Kier molecular flexibility index (Phi) is 2.42. The number of ether oxygens (including phenoxy) is 1. The molecule has 5 nitrogen and oxygen atoms in total. The van der Waals surface area contributed by atoms with E-state index in [4.69, 9.17) is 10.00 Å². The first-order chi connectivity index (χ1) is 9.07. The molecule has 5 heteroatoms. The molecule has 0 amide bonds. The highest BCUT2D eigenvalue weighted by Crippen LogP contribution is 2.46. The monoisotopic (exact) mass is 256 g/mol. The van der Waals surface area contributed by atoms with E-state index in [1.807, 2.05) is 55.2 Å². The number of rotatable bonds is 0. The van der Waals surface area contributed by atoms with Gasteiger partial charge in [-0.15, -0.1) is 4.99 Å². The van der Waals surface area contributed by atoms with Crippen LogP contribution in [0.15, 0.2) is 29.3 Å². The van der Waals surface area contributed by atoms with E-state index in [0.717, 1.165) is 17.7 Å². The highest BCUT2D eigenvalue weighted by molar-refractivity contribution is 5.83. The van der Waals surface area contributed by atoms with E-state index in [1.54, 1.807) is 0 Å². The molecule has 1 saturated heterocycles. The zero-order chi connectivity index (χ0) is 13.6. The van der Waals surface area contributed by atoms with Crippen molar-refractivity contribution in [1.29, 1.82) is 5.26 Å². The van der Waals surface area contributed by atoms with Crippen molar-refractivity contribution >= 4 is 5.96 Å². The molecular formula is C14H16N4O. The van der Waals surface area contributed by atoms with Gasteiger partial charge in [0.25, 0.3) is 0 Å². The zero-order valence-electron chi connectivity index (χ0n) is 11.3. The van der Waals surface area contributed by atoms with Crippen LogP contribution in [-0.2, 0) is 0 Å². The number of hydrogen-bond acceptors (Lipinski definition) is 3. The second-order valence-corrected chi connectivity index (χ2v) is 5.22. The summed E-state index contributed by atoms with van der Waals surface area (Å²) in [4.78, 5) is 7.92. The Morgan fingerprint density at radius 2 is 2.16 bits per heavy atom. The number of nitrogens with zero attached hydrogens (tertiary/aromatic N) is 4. The molecule has 2 unspecified atom stereocenters. The van der Waals surface area contributed by atoms with Gasteiger partial charge in [0, 0.05) is 26.1 Å². The molecule has 2 atom stereocenters. The number of guanidine groups is 1. The fourth-order valence-electron chi connectivity index (χ4n) is 2.93. The third kappa shape index (κ3) is 1.56. The Morgan fingerprint density at radius 3 is 2.89 bits per heavy atom. The van der Waals surface area contributed by atoms with Gasteiger partial charge in [-0.1, -0.05) is 18.2 Å². The van der Waals surface area contributed by atoms with Crippen LogP contribution in [0.3, 0.4) is 0 Å². The molecule has 2 aliphatic heterocycles. The lowest BCUT2D eigenvalue weighted by molar-refractivity contribution is -0.0804. The van der Waals surface area contributed by atoms with Gasteiger partial charge < -0.3 is 14.5 Å². The van der Waals surface area contributed by atoms with Crippen molar-refractivity contribution in [3.05, 3.63) is 29.8 Å². The molecule has 98 valence electrons. The minimum Gasteiger partial charge on any atom is -0.468 e. The van der Waals surface area contributed by atoms with E-state index in [0.29, 0.717) is 5.96 Å². The minimum absolute atomic E-state index is 0.193. The van der Waals surface area contributed by atoms with Crippen LogP contribution < -0.4 is 4.74 Å². The van der Waals surface area contributed by atoms with Gasteiger partial charge in [-0.05, 0) is 13.0 Å². The summed E-state index contributed by atoms with van der Waals surface area (Å²) in [5.74, 6) is 1.56. The van der Waals surface area contributed by atoms with Gasteiger partial charge in [0.1, 0.15) is 5.75 Å². The maximum absolute atomic E-state index is 8.86. The van der Waals surface area contributed by atoms with Crippen LogP contribution in [0.5, 0.6) is 5.75 Å². The molecule has 2 heterocycles. The number of nitriles is 1. The average Bonchev–Trinajstić information content (AvgIpc) is 2.41. The van der Waals surface area contributed by atoms with E-state index in [-0.39, 0.29) is 6.04 Å². The topological polar surface area (TPSA) is 51.9 Å². The molecule has 0 aliphatic carbocycles. The molecule has 1 fully saturated rings. The standard InChI is InChI=1S/C14H16N4O/c1-14-8-11(10-6-4-5-7-12(10)19-14)17(2)13(16-9-15)18(14)3/h4-7,11H,8H2,1-3H3. The summed E-state index contributed by atoms with van der Waals surface area (Å²) in [6.45, 7) is 2.04. The molecule has 0 aromatic heterocycles. The van der Waals surface area contributed by atoms with Crippen LogP contribution >= 0.6 is 0 Å². The van der Waals surface area contributed by atoms with Crippen LogP contribution in [-0.4, -0.2) is 35.6 Å². The van der Waals surface area contributed by atoms with Crippen LogP contribution in [0, 0.1) is 11.5 Å². The SMILES string of the molecule is CN1C(=NC#N)N(C)C2(C)CC1c1ccccc1O2. The largest absolute Gasteiger partial charge is 0.468 e. The molecule has 1 aromatic carbocycles. The first-order valence-corrected chi connectivity index (χ1v) is 6.28. The van der Waals surface area contributed by atoms with Gasteiger partial charge in [-0.3, -0.25) is 0 Å². The Hall–Kier alpha value is -2.22. The van der Waals surface area contributed by atoms with Crippen molar-refractivity contribution in [2.45, 2.75) is 25.1 Å². The first-order valence-electron chi connectivity index (χ1n) is 6.28. The van der Waals surface area contributed by atoms with Crippen molar-refractivity contribution in [2.75, 3.05) is 14.1 Å². The summed E-state index contributed by atoms with van der Waals surface area (Å²) in [7, 11) is 3.88. The second-order valence-electron chi connectivity index (χ2n) is 5.22. The zero-order valence-corrected chi connectivity index (χ0v) is 11.3. The van der Waals surface area contributed by atoms with Gasteiger partial charge >= 0.3 is 0 Å². The highest BCUT2D eigenvalue weighted by Gasteiger charge is 2.48. The number of hydrogen-bond donors (Lipinski definition) is 0. The number of benzene rings is 1. The minimum atomic E-state index is -0.457. The van der Waals surface area contributed by atoms with Crippen LogP contribution in [0.25, 0.3) is 0 Å². The van der Waals surface area contributed by atoms with Crippen molar-refractivity contribution in [3.8, 4) is 11.9 Å². The smallest absolute Gasteiger partial charge is 0.215 e. The maximum atomic E-state index is 8.86. The third-order valence-corrected chi connectivity index (χ3v) is 4.12. The Labute approximate surface area is 112 Å². The van der Waals surface area contributed by atoms with Gasteiger partial charge in [0.05, 0.1) is 6.04 Å². The molecule has 0 saturated carbocycles. The Bertz CT molecular complexity index is 591. The van der Waals surface area contributed by atoms with Gasteiger partial charge in [0.15, 0.2) is 5.72 Å². The summed E-state index contributed by atoms with van der Waals surface area (Å²) in [6, 6.07) is 8.25. The van der Waals surface area contributed by atoms with Crippen LogP contribution in [0.2, 0.25) is 0 Å². The van der Waals surface area contributed by atoms with Crippen molar-refractivity contribution in [1.82, 2.24) is 9.80 Å². The molecular weight excluding hydrogens is 240 g/mol. The fourth-order valence-corrected chi connectivity index (χ4v) is 2.93. The van der Waals surface area contributed by atoms with E-state index in [9.17, 15) is 0 Å². The third-order valence-electron chi connectivity index (χ3n) is 4.12. The maximum Gasteiger partial charge on any atom is 0.215 e. The van der Waals surface area contributed by atoms with E-state index >= 15 is 0 Å². The first kappa shape index (κ1) is 11.8. The molecule has 0 radical (unpaired) electrons. The fraction of sp³-hybridized carbons (Fsp3) is 0.429. The molecule has 1 aromatic rings. The molecule has 3 rings (SSSR count). The summed E-state index contributed by atoms with van der Waals surface area (Å²) >= 11 is 0. The molecule has 2 bridgehead atoms. The highest BCUT2D eigenvalue weighted by atomic mass is 16.5. The molecule has 2 aliphatic rings. The van der Waals surface area contributed by atoms with E-state index in [2.05, 4.69) is 11.1 Å². The number of para-hydroxylation sites is 1. The normalized spacial score (nSPS) is 30.6. The van der Waals surface area contributed by atoms with Gasteiger partial charge in [0.2, 0.25) is 12.2 Å². The van der Waals surface area contributed by atoms with Crippen molar-refractivity contribution in [2.24, 2.45) is 4.99 Å². The molecule has 0 spiro atoms. The van der Waals surface area contributed by atoms with Gasteiger partial charge in [-0.2, -0.15) is 5.26 Å². The summed E-state index contributed by atoms with van der Waals surface area (Å²) in [5, 5.41) is 8.86. The van der Waals surface area contributed by atoms with Gasteiger partial charge in [-0.25, -0.2) is 0 Å². The summed E-state index contributed by atoms with van der Waals surface area (Å²) < 4.78 is 6.14. The van der Waals surface area contributed by atoms with E-state index < -0.39 is 5.72 Å². The van der Waals surface area contributed by atoms with Crippen molar-refractivity contribution < 1.29 is 4.74 Å². The van der Waals surface area contributed by atoms with E-state index in [1.165, 1.54) is 0 Å². The number of fused-ring (bicyclic) bond motifs is 4. The lowest BCUT2D eigenvalue weighted by Gasteiger charge is -2.54. The quantitative estimate of drug-likeness (QED) is 0.666. The molecule has 19 heavy (non-hydrogen) atoms. The summed E-state index contributed by atoms with van der Waals surface area (Å²) in [5.41, 5.74) is 0.697. The molecule has 0 N–H and O–H groups in total. The average molecular weight is 256 g/mol. The lowest BCUT2D eigenvalue weighted by Crippen LogP contribution is -2.63.